The van der Waals surface area contributed by atoms with Gasteiger partial charge in [0.1, 0.15) is 19.0 Å². The molecule has 0 spiro atoms. The van der Waals surface area contributed by atoms with Crippen molar-refractivity contribution in [1.29, 1.82) is 0 Å². The van der Waals surface area contributed by atoms with E-state index in [9.17, 15) is 0 Å². The van der Waals surface area contributed by atoms with Gasteiger partial charge in [-0.2, -0.15) is 5.10 Å². The molecule has 0 unspecified atom stereocenters. The fraction of sp³-hybridized carbons (Fsp3) is 0.308. The van der Waals surface area contributed by atoms with Crippen molar-refractivity contribution in [3.63, 3.8) is 0 Å². The van der Waals surface area contributed by atoms with Gasteiger partial charge in [-0.25, -0.2) is 4.98 Å². The van der Waals surface area contributed by atoms with E-state index in [1.165, 1.54) is 0 Å². The van der Waals surface area contributed by atoms with Gasteiger partial charge < -0.3 is 14.8 Å². The number of fused-ring (bicyclic) bond motifs is 1. The minimum Gasteiger partial charge on any atom is -0.486 e. The van der Waals surface area contributed by atoms with Crippen molar-refractivity contribution in [2.45, 2.75) is 6.92 Å². The van der Waals surface area contributed by atoms with Crippen LogP contribution < -0.4 is 14.8 Å². The molecule has 1 aromatic carbocycles. The van der Waals surface area contributed by atoms with Gasteiger partial charge in [0, 0.05) is 12.6 Å². The van der Waals surface area contributed by atoms with Gasteiger partial charge in [0.05, 0.1) is 6.20 Å². The van der Waals surface area contributed by atoms with Gasteiger partial charge in [0.25, 0.3) is 0 Å². The Morgan fingerprint density at radius 1 is 1.16 bits per heavy atom. The van der Waals surface area contributed by atoms with E-state index in [-0.39, 0.29) is 0 Å². The van der Waals surface area contributed by atoms with Crippen LogP contribution in [-0.2, 0) is 0 Å². The molecule has 6 heteroatoms. The number of aromatic nitrogens is 3. The summed E-state index contributed by atoms with van der Waals surface area (Å²) in [4.78, 5) is 4.39. The van der Waals surface area contributed by atoms with Gasteiger partial charge >= 0.3 is 0 Å². The van der Waals surface area contributed by atoms with Crippen LogP contribution in [0.1, 0.15) is 5.56 Å². The number of aryl methyl sites for hydroxylation is 1. The molecule has 0 bridgehead atoms. The molecule has 1 N–H and O–H groups in total. The maximum Gasteiger partial charge on any atom is 0.184 e. The molecule has 0 saturated carbocycles. The summed E-state index contributed by atoms with van der Waals surface area (Å²) in [6.45, 7) is 3.13. The lowest BCUT2D eigenvalue weighted by Crippen LogP contribution is -2.15. The van der Waals surface area contributed by atoms with Crippen LogP contribution in [-0.4, -0.2) is 35.4 Å². The molecule has 19 heavy (non-hydrogen) atoms. The minimum atomic E-state index is 0.561. The molecule has 0 fully saturated rings. The molecule has 0 radical (unpaired) electrons. The molecule has 0 aliphatic carbocycles. The van der Waals surface area contributed by atoms with Crippen LogP contribution in [0.5, 0.6) is 11.5 Å². The van der Waals surface area contributed by atoms with Crippen molar-refractivity contribution >= 4 is 5.82 Å². The zero-order valence-corrected chi connectivity index (χ0v) is 10.8. The van der Waals surface area contributed by atoms with E-state index in [1.807, 2.05) is 19.1 Å². The predicted octanol–water partition coefficient (Wildman–Crippen LogP) is 1.66. The van der Waals surface area contributed by atoms with E-state index in [0.29, 0.717) is 24.9 Å². The Balaban J connectivity index is 2.08. The molecule has 6 nitrogen and oxygen atoms in total. The lowest BCUT2D eigenvalue weighted by atomic mass is 10.1. The first-order valence-electron chi connectivity index (χ1n) is 6.06. The summed E-state index contributed by atoms with van der Waals surface area (Å²) in [6.07, 6.45) is 1.58. The summed E-state index contributed by atoms with van der Waals surface area (Å²) in [6, 6.07) is 3.85. The number of hydrogen-bond acceptors (Lipinski definition) is 6. The van der Waals surface area contributed by atoms with Crippen LogP contribution in [0.2, 0.25) is 0 Å². The highest BCUT2D eigenvalue weighted by molar-refractivity contribution is 5.66. The second-order valence-electron chi connectivity index (χ2n) is 4.23. The SMILES string of the molecule is CNc1cnnc(-c2cc3c(cc2C)OCCO3)n1. The lowest BCUT2D eigenvalue weighted by Gasteiger charge is -2.20. The molecular weight excluding hydrogens is 244 g/mol. The smallest absolute Gasteiger partial charge is 0.184 e. The second-order valence-corrected chi connectivity index (χ2v) is 4.23. The Bertz CT molecular complexity index is 616. The van der Waals surface area contributed by atoms with Gasteiger partial charge in [0.15, 0.2) is 17.3 Å². The van der Waals surface area contributed by atoms with Crippen molar-refractivity contribution in [1.82, 2.24) is 15.2 Å². The monoisotopic (exact) mass is 258 g/mol. The molecular formula is C13H14N4O2. The van der Waals surface area contributed by atoms with Crippen molar-refractivity contribution < 1.29 is 9.47 Å². The topological polar surface area (TPSA) is 69.2 Å². The Morgan fingerprint density at radius 3 is 2.63 bits per heavy atom. The lowest BCUT2D eigenvalue weighted by molar-refractivity contribution is 0.171. The zero-order valence-electron chi connectivity index (χ0n) is 10.8. The predicted molar refractivity (Wildman–Crippen MR) is 70.5 cm³/mol. The van der Waals surface area contributed by atoms with E-state index in [2.05, 4.69) is 20.5 Å². The number of rotatable bonds is 2. The second kappa shape index (κ2) is 4.72. The molecule has 1 aliphatic heterocycles. The van der Waals surface area contributed by atoms with Crippen LogP contribution in [0.25, 0.3) is 11.4 Å². The van der Waals surface area contributed by atoms with Crippen LogP contribution in [0, 0.1) is 6.92 Å². The highest BCUT2D eigenvalue weighted by atomic mass is 16.6. The van der Waals surface area contributed by atoms with Crippen molar-refractivity contribution in [2.24, 2.45) is 0 Å². The number of nitrogens with zero attached hydrogens (tertiary/aromatic N) is 3. The van der Waals surface area contributed by atoms with Crippen LogP contribution in [0.3, 0.4) is 0 Å². The fourth-order valence-corrected chi connectivity index (χ4v) is 1.97. The fourth-order valence-electron chi connectivity index (χ4n) is 1.97. The summed E-state index contributed by atoms with van der Waals surface area (Å²) in [5.74, 6) is 2.75. The largest absolute Gasteiger partial charge is 0.486 e. The summed E-state index contributed by atoms with van der Waals surface area (Å²) in [5.41, 5.74) is 1.92. The molecule has 2 heterocycles. The van der Waals surface area contributed by atoms with Crippen LogP contribution in [0.15, 0.2) is 18.3 Å². The molecule has 0 atom stereocenters. The highest BCUT2D eigenvalue weighted by Gasteiger charge is 2.16. The normalized spacial score (nSPS) is 13.2. The maximum atomic E-state index is 5.58. The number of ether oxygens (including phenoxy) is 2. The molecule has 0 amide bonds. The summed E-state index contributed by atoms with van der Waals surface area (Å²) < 4.78 is 11.1. The first-order valence-corrected chi connectivity index (χ1v) is 6.06. The van der Waals surface area contributed by atoms with Gasteiger partial charge in [0.2, 0.25) is 0 Å². The van der Waals surface area contributed by atoms with Crippen molar-refractivity contribution in [3.05, 3.63) is 23.9 Å². The third-order valence-corrected chi connectivity index (χ3v) is 2.95. The van der Waals surface area contributed by atoms with E-state index < -0.39 is 0 Å². The number of anilines is 1. The van der Waals surface area contributed by atoms with Gasteiger partial charge in [-0.3, -0.25) is 0 Å². The van der Waals surface area contributed by atoms with E-state index in [0.717, 1.165) is 22.6 Å². The van der Waals surface area contributed by atoms with Crippen LogP contribution >= 0.6 is 0 Å². The van der Waals surface area contributed by atoms with E-state index in [1.54, 1.807) is 13.2 Å². The molecule has 1 aliphatic rings. The first-order chi connectivity index (χ1) is 9.28. The third kappa shape index (κ3) is 2.16. The van der Waals surface area contributed by atoms with Gasteiger partial charge in [-0.15, -0.1) is 5.10 Å². The minimum absolute atomic E-state index is 0.561. The summed E-state index contributed by atoms with van der Waals surface area (Å²) in [7, 11) is 1.80. The Hall–Kier alpha value is -2.37. The number of hydrogen-bond donors (Lipinski definition) is 1. The van der Waals surface area contributed by atoms with Crippen molar-refractivity contribution in [3.8, 4) is 22.9 Å². The third-order valence-electron chi connectivity index (χ3n) is 2.95. The Morgan fingerprint density at radius 2 is 1.89 bits per heavy atom. The molecule has 2 aromatic rings. The Labute approximate surface area is 110 Å². The van der Waals surface area contributed by atoms with E-state index >= 15 is 0 Å². The highest BCUT2D eigenvalue weighted by Crippen LogP contribution is 2.36. The molecule has 98 valence electrons. The average molecular weight is 258 g/mol. The number of benzene rings is 1. The van der Waals surface area contributed by atoms with Gasteiger partial charge in [-0.05, 0) is 24.6 Å². The molecule has 3 rings (SSSR count). The maximum absolute atomic E-state index is 5.58. The zero-order chi connectivity index (χ0) is 13.2. The molecule has 0 saturated heterocycles. The molecule has 1 aromatic heterocycles. The number of nitrogens with one attached hydrogen (secondary N) is 1. The van der Waals surface area contributed by atoms with Gasteiger partial charge in [-0.1, -0.05) is 0 Å². The average Bonchev–Trinajstić information content (AvgIpc) is 2.46. The quantitative estimate of drug-likeness (QED) is 0.883. The summed E-state index contributed by atoms with van der Waals surface area (Å²) in [5, 5.41) is 11.0. The Kier molecular flexibility index (Phi) is 2.91. The standard InChI is InChI=1S/C13H14N4O2/c1-8-5-10-11(19-4-3-18-10)6-9(8)13-16-12(14-2)7-15-17-13/h5-7H,3-4H2,1-2H3,(H,14,16,17). The van der Waals surface area contributed by atoms with Crippen molar-refractivity contribution in [2.75, 3.05) is 25.6 Å². The first kappa shape index (κ1) is 11.7. The summed E-state index contributed by atoms with van der Waals surface area (Å²) >= 11 is 0. The van der Waals surface area contributed by atoms with E-state index in [4.69, 9.17) is 9.47 Å². The van der Waals surface area contributed by atoms with Crippen LogP contribution in [0.4, 0.5) is 5.82 Å².